The van der Waals surface area contributed by atoms with Crippen molar-refractivity contribution in [1.82, 2.24) is 4.98 Å². The molecule has 0 unspecified atom stereocenters. The van der Waals surface area contributed by atoms with Crippen molar-refractivity contribution in [2.24, 2.45) is 4.99 Å². The van der Waals surface area contributed by atoms with E-state index < -0.39 is 0 Å². The van der Waals surface area contributed by atoms with Crippen molar-refractivity contribution in [3.05, 3.63) is 35.2 Å². The smallest absolute Gasteiger partial charge is 0.119 e. The SMILES string of the molecule is BrC1(Br)C=NC2=C(Cc3cccnc32)C1. The largest absolute Gasteiger partial charge is 0.257 e. The quantitative estimate of drug-likeness (QED) is 0.671. The fraction of sp³-hybridized carbons (Fsp3) is 0.273. The number of alkyl halides is 2. The molecule has 4 heteroatoms. The Morgan fingerprint density at radius 3 is 3.07 bits per heavy atom. The summed E-state index contributed by atoms with van der Waals surface area (Å²) < 4.78 is -0.166. The van der Waals surface area contributed by atoms with Crippen LogP contribution in [0.25, 0.3) is 5.70 Å². The zero-order valence-electron chi connectivity index (χ0n) is 7.87. The Labute approximate surface area is 105 Å². The van der Waals surface area contributed by atoms with E-state index in [1.165, 1.54) is 11.1 Å². The van der Waals surface area contributed by atoms with Crippen LogP contribution >= 0.6 is 31.9 Å². The number of pyridine rings is 1. The second-order valence-corrected chi connectivity index (χ2v) is 7.73. The van der Waals surface area contributed by atoms with Crippen molar-refractivity contribution in [2.45, 2.75) is 16.1 Å². The summed E-state index contributed by atoms with van der Waals surface area (Å²) in [4.78, 5) is 8.87. The molecule has 15 heavy (non-hydrogen) atoms. The summed E-state index contributed by atoms with van der Waals surface area (Å²) in [5.41, 5.74) is 4.77. The maximum Gasteiger partial charge on any atom is 0.119 e. The Morgan fingerprint density at radius 2 is 2.20 bits per heavy atom. The van der Waals surface area contributed by atoms with Crippen molar-refractivity contribution in [2.75, 3.05) is 0 Å². The normalized spacial score (nSPS) is 21.5. The molecule has 0 saturated heterocycles. The Hall–Kier alpha value is -0.480. The number of aliphatic imine (C=N–C) groups is 1. The molecule has 76 valence electrons. The molecule has 0 spiro atoms. The zero-order chi connectivity index (χ0) is 10.5. The summed E-state index contributed by atoms with van der Waals surface area (Å²) in [5.74, 6) is 0. The summed E-state index contributed by atoms with van der Waals surface area (Å²) in [7, 11) is 0. The van der Waals surface area contributed by atoms with Gasteiger partial charge in [0, 0.05) is 18.8 Å². The maximum absolute atomic E-state index is 4.48. The molecule has 0 atom stereocenters. The van der Waals surface area contributed by atoms with Crippen molar-refractivity contribution in [3.8, 4) is 0 Å². The molecule has 1 aromatic rings. The van der Waals surface area contributed by atoms with Crippen LogP contribution in [0, 0.1) is 0 Å². The number of halogens is 2. The lowest BCUT2D eigenvalue weighted by molar-refractivity contribution is 0.961. The van der Waals surface area contributed by atoms with Gasteiger partial charge in [-0.05, 0) is 23.6 Å². The number of hydrogen-bond acceptors (Lipinski definition) is 2. The summed E-state index contributed by atoms with van der Waals surface area (Å²) in [6.45, 7) is 0. The minimum atomic E-state index is -0.166. The van der Waals surface area contributed by atoms with E-state index in [9.17, 15) is 0 Å². The van der Waals surface area contributed by atoms with E-state index in [4.69, 9.17) is 0 Å². The van der Waals surface area contributed by atoms with E-state index in [2.05, 4.69) is 47.9 Å². The van der Waals surface area contributed by atoms with Gasteiger partial charge in [0.2, 0.25) is 0 Å². The van der Waals surface area contributed by atoms with Crippen LogP contribution in [-0.2, 0) is 6.42 Å². The summed E-state index contributed by atoms with van der Waals surface area (Å²) >= 11 is 7.17. The second kappa shape index (κ2) is 3.25. The second-order valence-electron chi connectivity index (χ2n) is 3.84. The van der Waals surface area contributed by atoms with Gasteiger partial charge in [0.1, 0.15) is 3.23 Å². The van der Waals surface area contributed by atoms with Crippen LogP contribution in [0.5, 0.6) is 0 Å². The number of fused-ring (bicyclic) bond motifs is 2. The first-order valence-electron chi connectivity index (χ1n) is 4.75. The van der Waals surface area contributed by atoms with Crippen LogP contribution in [-0.4, -0.2) is 14.4 Å². The minimum absolute atomic E-state index is 0.166. The zero-order valence-corrected chi connectivity index (χ0v) is 11.0. The molecule has 0 aromatic carbocycles. The van der Waals surface area contributed by atoms with Gasteiger partial charge in [-0.2, -0.15) is 0 Å². The van der Waals surface area contributed by atoms with Crippen LogP contribution in [0.4, 0.5) is 0 Å². The van der Waals surface area contributed by atoms with Gasteiger partial charge in [0.15, 0.2) is 0 Å². The van der Waals surface area contributed by atoms with E-state index >= 15 is 0 Å². The Morgan fingerprint density at radius 1 is 1.33 bits per heavy atom. The van der Waals surface area contributed by atoms with Gasteiger partial charge in [-0.15, -0.1) is 0 Å². The Kier molecular flexibility index (Phi) is 2.11. The molecule has 0 bridgehead atoms. The number of nitrogens with zero attached hydrogens (tertiary/aromatic N) is 2. The van der Waals surface area contributed by atoms with Gasteiger partial charge < -0.3 is 0 Å². The van der Waals surface area contributed by atoms with Gasteiger partial charge in [-0.3, -0.25) is 9.98 Å². The molecule has 1 aromatic heterocycles. The number of allylic oxidation sites excluding steroid dienone is 1. The van der Waals surface area contributed by atoms with Gasteiger partial charge in [-0.1, -0.05) is 37.9 Å². The van der Waals surface area contributed by atoms with Gasteiger partial charge in [0.25, 0.3) is 0 Å². The first-order valence-corrected chi connectivity index (χ1v) is 6.34. The third-order valence-electron chi connectivity index (χ3n) is 2.69. The predicted molar refractivity (Wildman–Crippen MR) is 68.6 cm³/mol. The van der Waals surface area contributed by atoms with Crippen molar-refractivity contribution in [1.29, 1.82) is 0 Å². The third kappa shape index (κ3) is 1.60. The molecule has 1 aliphatic carbocycles. The van der Waals surface area contributed by atoms with Gasteiger partial charge in [-0.25, -0.2) is 0 Å². The molecule has 0 radical (unpaired) electrons. The van der Waals surface area contributed by atoms with Gasteiger partial charge >= 0.3 is 0 Å². The Balaban J connectivity index is 2.08. The van der Waals surface area contributed by atoms with E-state index in [-0.39, 0.29) is 3.23 Å². The average Bonchev–Trinajstić information content (AvgIpc) is 2.52. The summed E-state index contributed by atoms with van der Waals surface area (Å²) in [6.07, 6.45) is 5.65. The molecule has 0 amide bonds. The van der Waals surface area contributed by atoms with Crippen molar-refractivity contribution >= 4 is 43.8 Å². The van der Waals surface area contributed by atoms with Crippen molar-refractivity contribution < 1.29 is 0 Å². The first-order chi connectivity index (χ1) is 7.16. The first kappa shape index (κ1) is 9.73. The van der Waals surface area contributed by atoms with E-state index in [1.54, 1.807) is 0 Å². The van der Waals surface area contributed by atoms with Crippen LogP contribution in [0.1, 0.15) is 17.7 Å². The van der Waals surface area contributed by atoms with Crippen molar-refractivity contribution in [3.63, 3.8) is 0 Å². The predicted octanol–water partition coefficient (Wildman–Crippen LogP) is 3.31. The van der Waals surface area contributed by atoms with Crippen LogP contribution < -0.4 is 0 Å². The highest BCUT2D eigenvalue weighted by atomic mass is 79.9. The maximum atomic E-state index is 4.48. The summed E-state index contributed by atoms with van der Waals surface area (Å²) in [6, 6.07) is 4.11. The fourth-order valence-corrected chi connectivity index (χ4v) is 2.94. The van der Waals surface area contributed by atoms with E-state index in [0.29, 0.717) is 0 Å². The lowest BCUT2D eigenvalue weighted by atomic mass is 10.1. The summed E-state index contributed by atoms with van der Waals surface area (Å²) in [5, 5.41) is 0. The van der Waals surface area contributed by atoms with E-state index in [1.807, 2.05) is 18.5 Å². The molecular formula is C11H8Br2N2. The highest BCUT2D eigenvalue weighted by molar-refractivity contribution is 9.25. The standard InChI is InChI=1S/C11H8Br2N2/c12-11(13)5-8-4-7-2-1-3-14-9(7)10(8)15-6-11/h1-3,6H,4-5H2. The van der Waals surface area contributed by atoms with E-state index in [0.717, 1.165) is 24.2 Å². The van der Waals surface area contributed by atoms with Crippen LogP contribution in [0.15, 0.2) is 28.9 Å². The Bertz CT molecular complexity index is 489. The number of hydrogen-bond donors (Lipinski definition) is 0. The fourth-order valence-electron chi connectivity index (χ4n) is 2.06. The molecule has 2 heterocycles. The molecular weight excluding hydrogens is 320 g/mol. The van der Waals surface area contributed by atoms with Crippen LogP contribution in [0.3, 0.4) is 0 Å². The third-order valence-corrected chi connectivity index (χ3v) is 3.66. The monoisotopic (exact) mass is 326 g/mol. The minimum Gasteiger partial charge on any atom is -0.257 e. The molecule has 0 fully saturated rings. The lowest BCUT2D eigenvalue weighted by Gasteiger charge is -2.20. The highest BCUT2D eigenvalue weighted by Gasteiger charge is 2.32. The number of aromatic nitrogens is 1. The molecule has 3 rings (SSSR count). The molecule has 2 aliphatic rings. The molecule has 0 saturated carbocycles. The number of rotatable bonds is 0. The average molecular weight is 328 g/mol. The van der Waals surface area contributed by atoms with Crippen LogP contribution in [0.2, 0.25) is 0 Å². The highest BCUT2D eigenvalue weighted by Crippen LogP contribution is 2.43. The van der Waals surface area contributed by atoms with Gasteiger partial charge in [0.05, 0.1) is 11.4 Å². The lowest BCUT2D eigenvalue weighted by Crippen LogP contribution is -2.17. The molecule has 1 aliphatic heterocycles. The molecule has 0 N–H and O–H groups in total. The topological polar surface area (TPSA) is 25.2 Å². The molecule has 2 nitrogen and oxygen atoms in total.